The van der Waals surface area contributed by atoms with Gasteiger partial charge in [-0.25, -0.2) is 4.79 Å². The summed E-state index contributed by atoms with van der Waals surface area (Å²) in [5.74, 6) is -1.05. The van der Waals surface area contributed by atoms with Crippen LogP contribution >= 0.6 is 0 Å². The topological polar surface area (TPSA) is 147 Å². The molecule has 2 aromatic carbocycles. The maximum absolute atomic E-state index is 12.3. The Morgan fingerprint density at radius 2 is 1.70 bits per heavy atom. The van der Waals surface area contributed by atoms with Crippen molar-refractivity contribution >= 4 is 16.9 Å². The number of aliphatic carboxylic acids is 1. The molecule has 1 aliphatic rings. The lowest BCUT2D eigenvalue weighted by molar-refractivity contribution is -0.271. The smallest absolute Gasteiger partial charge is 0.335 e. The molecule has 0 unspecified atom stereocenters. The van der Waals surface area contributed by atoms with E-state index in [1.165, 1.54) is 18.2 Å². The van der Waals surface area contributed by atoms with Crippen LogP contribution in [0.5, 0.6) is 5.75 Å². The number of carboxylic acids is 1. The summed E-state index contributed by atoms with van der Waals surface area (Å²) in [6.45, 7) is 0. The fraction of sp³-hybridized carbons (Fsp3) is 0.238. The second-order valence-electron chi connectivity index (χ2n) is 6.85. The quantitative estimate of drug-likeness (QED) is 0.485. The van der Waals surface area contributed by atoms with Crippen LogP contribution in [-0.2, 0) is 9.53 Å². The molecule has 0 radical (unpaired) electrons. The molecule has 5 atom stereocenters. The van der Waals surface area contributed by atoms with Crippen molar-refractivity contribution in [1.82, 2.24) is 0 Å². The third kappa shape index (κ3) is 3.66. The summed E-state index contributed by atoms with van der Waals surface area (Å²) in [5, 5.41) is 39.3. The van der Waals surface area contributed by atoms with E-state index in [1.54, 1.807) is 36.4 Å². The predicted molar refractivity (Wildman–Crippen MR) is 103 cm³/mol. The number of fused-ring (bicyclic) bond motifs is 1. The minimum Gasteiger partial charge on any atom is -0.479 e. The van der Waals surface area contributed by atoms with Gasteiger partial charge < -0.3 is 34.3 Å². The number of carboxylic acid groups (broad SMARTS) is 1. The largest absolute Gasteiger partial charge is 0.479 e. The zero-order valence-corrected chi connectivity index (χ0v) is 15.4. The van der Waals surface area contributed by atoms with Crippen molar-refractivity contribution in [3.8, 4) is 17.1 Å². The van der Waals surface area contributed by atoms with Crippen molar-refractivity contribution in [3.63, 3.8) is 0 Å². The summed E-state index contributed by atoms with van der Waals surface area (Å²) in [6.07, 6.45) is -8.57. The highest BCUT2D eigenvalue weighted by Gasteiger charge is 2.48. The molecule has 0 saturated carbocycles. The summed E-state index contributed by atoms with van der Waals surface area (Å²) in [5.41, 5.74) is 0.695. The molecular formula is C21H18O9. The van der Waals surface area contributed by atoms with E-state index in [2.05, 4.69) is 0 Å². The predicted octanol–water partition coefficient (Wildman–Crippen LogP) is 0.731. The standard InChI is InChI=1S/C21H18O9/c22-13-9-15(29-14-7-2-1-6-12(13)14)10-4-3-5-11(8-10)28-21-18(25)16(23)17(24)19(30-21)20(26)27/h1-9,16-19,21,23-25H,(H,26,27)/t16-,17-,18+,19-,21+/m0/s1. The van der Waals surface area contributed by atoms with Crippen LogP contribution in [-0.4, -0.2) is 57.1 Å². The maximum atomic E-state index is 12.3. The van der Waals surface area contributed by atoms with Gasteiger partial charge in [-0.1, -0.05) is 24.3 Å². The molecule has 1 saturated heterocycles. The number of hydrogen-bond acceptors (Lipinski definition) is 8. The molecule has 30 heavy (non-hydrogen) atoms. The number of rotatable bonds is 4. The number of ether oxygens (including phenoxy) is 2. The van der Waals surface area contributed by atoms with E-state index in [0.29, 0.717) is 16.5 Å². The van der Waals surface area contributed by atoms with Crippen molar-refractivity contribution in [2.45, 2.75) is 30.7 Å². The molecule has 9 heteroatoms. The zero-order valence-electron chi connectivity index (χ0n) is 15.4. The number of para-hydroxylation sites is 1. The maximum Gasteiger partial charge on any atom is 0.335 e. The van der Waals surface area contributed by atoms with Crippen LogP contribution in [0.4, 0.5) is 0 Å². The van der Waals surface area contributed by atoms with Gasteiger partial charge in [-0.2, -0.15) is 0 Å². The van der Waals surface area contributed by atoms with Crippen LogP contribution < -0.4 is 10.2 Å². The number of aliphatic hydroxyl groups excluding tert-OH is 3. The second-order valence-corrected chi connectivity index (χ2v) is 6.85. The Labute approximate surface area is 169 Å². The van der Waals surface area contributed by atoms with Gasteiger partial charge >= 0.3 is 5.97 Å². The summed E-state index contributed by atoms with van der Waals surface area (Å²) >= 11 is 0. The molecule has 0 spiro atoms. The van der Waals surface area contributed by atoms with Gasteiger partial charge in [0.1, 0.15) is 35.4 Å². The first-order valence-electron chi connectivity index (χ1n) is 9.07. The SMILES string of the molecule is O=C(O)[C@H]1O[C@@H](Oc2cccc(-c3cc(=O)c4ccccc4o3)c2)[C@H](O)[C@@H](O)[C@@H]1O. The first-order valence-corrected chi connectivity index (χ1v) is 9.07. The molecule has 0 bridgehead atoms. The van der Waals surface area contributed by atoms with E-state index in [1.807, 2.05) is 0 Å². The fourth-order valence-electron chi connectivity index (χ4n) is 3.25. The molecule has 0 amide bonds. The van der Waals surface area contributed by atoms with Gasteiger partial charge in [0.25, 0.3) is 0 Å². The summed E-state index contributed by atoms with van der Waals surface area (Å²) in [4.78, 5) is 23.6. The summed E-state index contributed by atoms with van der Waals surface area (Å²) in [6, 6.07) is 14.5. The summed E-state index contributed by atoms with van der Waals surface area (Å²) in [7, 11) is 0. The van der Waals surface area contributed by atoms with Crippen LogP contribution in [0.25, 0.3) is 22.3 Å². The minimum atomic E-state index is -1.81. The van der Waals surface area contributed by atoms with Crippen molar-refractivity contribution in [1.29, 1.82) is 0 Å². The molecule has 1 fully saturated rings. The van der Waals surface area contributed by atoms with Gasteiger partial charge in [-0.05, 0) is 24.3 Å². The molecule has 2 heterocycles. The average molecular weight is 414 g/mol. The van der Waals surface area contributed by atoms with Gasteiger partial charge in [-0.3, -0.25) is 4.79 Å². The molecule has 1 aliphatic heterocycles. The van der Waals surface area contributed by atoms with Crippen LogP contribution in [0.3, 0.4) is 0 Å². The molecule has 0 aliphatic carbocycles. The fourth-order valence-corrected chi connectivity index (χ4v) is 3.25. The first kappa shape index (κ1) is 20.0. The Bertz CT molecular complexity index is 1140. The Hall–Kier alpha value is -3.24. The normalized spacial score (nSPS) is 26.4. The molecule has 3 aromatic rings. The molecule has 4 N–H and O–H groups in total. The number of hydrogen-bond donors (Lipinski definition) is 4. The lowest BCUT2D eigenvalue weighted by atomic mass is 9.99. The highest BCUT2D eigenvalue weighted by Crippen LogP contribution is 2.28. The third-order valence-corrected chi connectivity index (χ3v) is 4.82. The third-order valence-electron chi connectivity index (χ3n) is 4.82. The van der Waals surface area contributed by atoms with Crippen molar-refractivity contribution in [3.05, 3.63) is 64.8 Å². The van der Waals surface area contributed by atoms with Crippen molar-refractivity contribution in [2.24, 2.45) is 0 Å². The summed E-state index contributed by atoms with van der Waals surface area (Å²) < 4.78 is 16.4. The molecule has 9 nitrogen and oxygen atoms in total. The Balaban J connectivity index is 1.63. The molecule has 156 valence electrons. The molecule has 1 aromatic heterocycles. The average Bonchev–Trinajstić information content (AvgIpc) is 2.74. The lowest BCUT2D eigenvalue weighted by Gasteiger charge is -2.38. The Kier molecular flexibility index (Phi) is 5.27. The van der Waals surface area contributed by atoms with Gasteiger partial charge in [0.05, 0.1) is 5.39 Å². The number of benzene rings is 2. The number of carbonyl (C=O) groups is 1. The van der Waals surface area contributed by atoms with Crippen molar-refractivity contribution in [2.75, 3.05) is 0 Å². The minimum absolute atomic E-state index is 0.167. The van der Waals surface area contributed by atoms with Crippen LogP contribution in [0.2, 0.25) is 0 Å². The van der Waals surface area contributed by atoms with Crippen molar-refractivity contribution < 1.29 is 39.1 Å². The van der Waals surface area contributed by atoms with Gasteiger partial charge in [0, 0.05) is 11.6 Å². The van der Waals surface area contributed by atoms with Crippen LogP contribution in [0, 0.1) is 0 Å². The van der Waals surface area contributed by atoms with E-state index in [9.17, 15) is 24.9 Å². The van der Waals surface area contributed by atoms with E-state index in [0.717, 1.165) is 0 Å². The zero-order chi connectivity index (χ0) is 21.4. The van der Waals surface area contributed by atoms with E-state index >= 15 is 0 Å². The van der Waals surface area contributed by atoms with Crippen LogP contribution in [0.15, 0.2) is 63.8 Å². The van der Waals surface area contributed by atoms with E-state index < -0.39 is 36.7 Å². The van der Waals surface area contributed by atoms with Gasteiger partial charge in [0.2, 0.25) is 6.29 Å². The molecular weight excluding hydrogens is 396 g/mol. The monoisotopic (exact) mass is 414 g/mol. The second kappa shape index (κ2) is 7.88. The Morgan fingerprint density at radius 1 is 0.933 bits per heavy atom. The molecule has 4 rings (SSSR count). The highest BCUT2D eigenvalue weighted by atomic mass is 16.7. The van der Waals surface area contributed by atoms with E-state index in [-0.39, 0.29) is 16.9 Å². The Morgan fingerprint density at radius 3 is 2.47 bits per heavy atom. The van der Waals surface area contributed by atoms with E-state index in [4.69, 9.17) is 19.0 Å². The van der Waals surface area contributed by atoms with Gasteiger partial charge in [-0.15, -0.1) is 0 Å². The van der Waals surface area contributed by atoms with Crippen LogP contribution in [0.1, 0.15) is 0 Å². The lowest BCUT2D eigenvalue weighted by Crippen LogP contribution is -2.61. The highest BCUT2D eigenvalue weighted by molar-refractivity contribution is 5.78. The number of aliphatic hydroxyl groups is 3. The first-order chi connectivity index (χ1) is 14.3. The van der Waals surface area contributed by atoms with Gasteiger partial charge in [0.15, 0.2) is 11.5 Å².